The fraction of sp³-hybridized carbons (Fsp3) is 0.522. The van der Waals surface area contributed by atoms with Gasteiger partial charge in [-0.3, -0.25) is 4.79 Å². The zero-order chi connectivity index (χ0) is 22.9. The number of alkyl halides is 3. The van der Waals surface area contributed by atoms with Crippen molar-refractivity contribution in [3.05, 3.63) is 41.7 Å². The lowest BCUT2D eigenvalue weighted by Gasteiger charge is -2.39. The smallest absolute Gasteiger partial charge is 0.368 e. The molecule has 0 saturated carbocycles. The van der Waals surface area contributed by atoms with E-state index in [1.54, 1.807) is 6.07 Å². The fourth-order valence-electron chi connectivity index (χ4n) is 4.72. The Morgan fingerprint density at radius 3 is 2.59 bits per heavy atom. The number of halogens is 3. The van der Waals surface area contributed by atoms with E-state index < -0.39 is 11.7 Å². The number of likely N-dealkylation sites (tertiary alicyclic amines) is 2. The van der Waals surface area contributed by atoms with Gasteiger partial charge in [0, 0.05) is 24.2 Å². The minimum absolute atomic E-state index is 0.0389. The van der Waals surface area contributed by atoms with Gasteiger partial charge in [0.05, 0.1) is 17.3 Å². The van der Waals surface area contributed by atoms with Crippen LogP contribution in [0.1, 0.15) is 49.4 Å². The van der Waals surface area contributed by atoms with Crippen molar-refractivity contribution in [1.82, 2.24) is 19.8 Å². The second-order valence-electron chi connectivity index (χ2n) is 8.73. The molecule has 172 valence electrons. The van der Waals surface area contributed by atoms with Crippen molar-refractivity contribution in [1.29, 1.82) is 0 Å². The fourth-order valence-corrected chi connectivity index (χ4v) is 4.72. The highest BCUT2D eigenvalue weighted by Gasteiger charge is 2.36. The van der Waals surface area contributed by atoms with E-state index in [0.717, 1.165) is 50.9 Å². The molecule has 6 nitrogen and oxygen atoms in total. The Balaban J connectivity index is 1.70. The van der Waals surface area contributed by atoms with Crippen LogP contribution in [0, 0.1) is 5.92 Å². The molecule has 2 aromatic rings. The number of carbonyl (C=O) groups is 1. The Morgan fingerprint density at radius 1 is 1.12 bits per heavy atom. The largest absolute Gasteiger partial charge is 0.416 e. The number of nitrogens with two attached hydrogens (primary N) is 1. The number of nitrogen functional groups attached to an aromatic ring is 1. The van der Waals surface area contributed by atoms with Gasteiger partial charge in [-0.2, -0.15) is 13.2 Å². The van der Waals surface area contributed by atoms with E-state index in [4.69, 9.17) is 5.73 Å². The molecule has 0 aliphatic carbocycles. The molecule has 2 saturated heterocycles. The van der Waals surface area contributed by atoms with Crippen LogP contribution in [0.15, 0.2) is 30.5 Å². The lowest BCUT2D eigenvalue weighted by atomic mass is 9.90. The topological polar surface area (TPSA) is 75.4 Å². The number of benzene rings is 1. The summed E-state index contributed by atoms with van der Waals surface area (Å²) in [5.74, 6) is 0.117. The molecule has 0 radical (unpaired) electrons. The van der Waals surface area contributed by atoms with Crippen LogP contribution < -0.4 is 5.73 Å². The van der Waals surface area contributed by atoms with Gasteiger partial charge in [-0.1, -0.05) is 12.1 Å². The first-order valence-corrected chi connectivity index (χ1v) is 11.0. The van der Waals surface area contributed by atoms with Crippen molar-refractivity contribution in [3.8, 4) is 11.1 Å². The summed E-state index contributed by atoms with van der Waals surface area (Å²) < 4.78 is 39.9. The van der Waals surface area contributed by atoms with Gasteiger partial charge < -0.3 is 15.5 Å². The average Bonchev–Trinajstić information content (AvgIpc) is 2.78. The molecule has 1 atom stereocenters. The minimum Gasteiger partial charge on any atom is -0.368 e. The van der Waals surface area contributed by atoms with E-state index in [9.17, 15) is 18.0 Å². The first-order chi connectivity index (χ1) is 15.2. The highest BCUT2D eigenvalue weighted by Crippen LogP contribution is 2.39. The van der Waals surface area contributed by atoms with Crippen LogP contribution in [0.5, 0.6) is 0 Å². The summed E-state index contributed by atoms with van der Waals surface area (Å²) in [6.07, 6.45) is 1.14. The third kappa shape index (κ3) is 4.72. The van der Waals surface area contributed by atoms with Gasteiger partial charge in [-0.05, 0) is 69.9 Å². The van der Waals surface area contributed by atoms with Gasteiger partial charge in [0.15, 0.2) is 0 Å². The van der Waals surface area contributed by atoms with Gasteiger partial charge in [-0.15, -0.1) is 0 Å². The third-order valence-corrected chi connectivity index (χ3v) is 6.51. The average molecular weight is 448 g/mol. The third-order valence-electron chi connectivity index (χ3n) is 6.51. The molecule has 2 aliphatic rings. The molecule has 9 heteroatoms. The van der Waals surface area contributed by atoms with Crippen molar-refractivity contribution < 1.29 is 18.0 Å². The summed E-state index contributed by atoms with van der Waals surface area (Å²) >= 11 is 0. The van der Waals surface area contributed by atoms with Crippen LogP contribution in [0.3, 0.4) is 0 Å². The first kappa shape index (κ1) is 22.5. The summed E-state index contributed by atoms with van der Waals surface area (Å²) in [6.45, 7) is 2.37. The summed E-state index contributed by atoms with van der Waals surface area (Å²) in [5, 5.41) is 0. The quantitative estimate of drug-likeness (QED) is 0.766. The molecule has 1 amide bonds. The van der Waals surface area contributed by atoms with Gasteiger partial charge >= 0.3 is 6.18 Å². The Labute approximate surface area is 185 Å². The predicted molar refractivity (Wildman–Crippen MR) is 115 cm³/mol. The van der Waals surface area contributed by atoms with Crippen LogP contribution >= 0.6 is 0 Å². The molecular formula is C23H28F3N5O. The second kappa shape index (κ2) is 9.05. The maximum absolute atomic E-state index is 13.4. The summed E-state index contributed by atoms with van der Waals surface area (Å²) in [6, 6.07) is 4.80. The van der Waals surface area contributed by atoms with E-state index >= 15 is 0 Å². The lowest BCUT2D eigenvalue weighted by molar-refractivity contribution is -0.141. The van der Waals surface area contributed by atoms with Crippen LogP contribution in [0.25, 0.3) is 11.1 Å². The van der Waals surface area contributed by atoms with Gasteiger partial charge in [-0.25, -0.2) is 9.97 Å². The highest BCUT2D eigenvalue weighted by atomic mass is 19.4. The zero-order valence-electron chi connectivity index (χ0n) is 18.1. The number of rotatable bonds is 3. The van der Waals surface area contributed by atoms with E-state index in [1.165, 1.54) is 12.3 Å². The highest BCUT2D eigenvalue weighted by molar-refractivity contribution is 5.80. The van der Waals surface area contributed by atoms with Crippen molar-refractivity contribution in [3.63, 3.8) is 0 Å². The molecule has 2 aliphatic heterocycles. The lowest BCUT2D eigenvalue weighted by Crippen LogP contribution is -2.45. The Morgan fingerprint density at radius 2 is 1.88 bits per heavy atom. The van der Waals surface area contributed by atoms with Crippen molar-refractivity contribution in [2.24, 2.45) is 5.92 Å². The molecular weight excluding hydrogens is 419 g/mol. The Hall–Kier alpha value is -2.68. The normalized spacial score (nSPS) is 21.0. The molecule has 1 aromatic carbocycles. The molecule has 3 heterocycles. The second-order valence-corrected chi connectivity index (χ2v) is 8.73. The van der Waals surface area contributed by atoms with Crippen LogP contribution in [-0.4, -0.2) is 52.4 Å². The number of aromatic nitrogens is 2. The summed E-state index contributed by atoms with van der Waals surface area (Å²) in [7, 11) is 2.05. The van der Waals surface area contributed by atoms with Gasteiger partial charge in [0.25, 0.3) is 0 Å². The minimum atomic E-state index is -4.45. The van der Waals surface area contributed by atoms with Crippen LogP contribution in [0.2, 0.25) is 0 Å². The van der Waals surface area contributed by atoms with Crippen LogP contribution in [-0.2, 0) is 11.0 Å². The molecule has 0 unspecified atom stereocenters. The maximum Gasteiger partial charge on any atom is 0.416 e. The number of hydrogen-bond acceptors (Lipinski definition) is 5. The standard InChI is InChI=1S/C23H28F3N5O/c1-30-11-8-15(9-12-30)21(32)31-10-3-2-7-19(31)20-18(14-28-22(27)29-20)16-5-4-6-17(13-16)23(24,25)26/h4-6,13-15,19H,2-3,7-12H2,1H3,(H2,27,28,29)/t19-/m1/s1. The van der Waals surface area contributed by atoms with Crippen molar-refractivity contribution in [2.45, 2.75) is 44.3 Å². The number of piperidine rings is 2. The number of carbonyl (C=O) groups excluding carboxylic acids is 1. The molecule has 0 spiro atoms. The van der Waals surface area contributed by atoms with Gasteiger partial charge in [0.1, 0.15) is 0 Å². The van der Waals surface area contributed by atoms with Gasteiger partial charge in [0.2, 0.25) is 11.9 Å². The number of amides is 1. The monoisotopic (exact) mass is 447 g/mol. The Kier molecular flexibility index (Phi) is 6.37. The number of nitrogens with zero attached hydrogens (tertiary/aromatic N) is 4. The molecule has 2 fully saturated rings. The van der Waals surface area contributed by atoms with E-state index in [-0.39, 0.29) is 23.8 Å². The predicted octanol–water partition coefficient (Wildman–Crippen LogP) is 4.14. The molecule has 2 N–H and O–H groups in total. The SMILES string of the molecule is CN1CCC(C(=O)N2CCCC[C@@H]2c2nc(N)ncc2-c2cccc(C(F)(F)F)c2)CC1. The van der Waals surface area contributed by atoms with Crippen LogP contribution in [0.4, 0.5) is 19.1 Å². The molecule has 4 rings (SSSR count). The van der Waals surface area contributed by atoms with Crippen molar-refractivity contribution in [2.75, 3.05) is 32.4 Å². The molecule has 1 aromatic heterocycles. The van der Waals surface area contributed by atoms with E-state index in [0.29, 0.717) is 29.8 Å². The number of hydrogen-bond donors (Lipinski definition) is 1. The maximum atomic E-state index is 13.4. The first-order valence-electron chi connectivity index (χ1n) is 11.0. The zero-order valence-corrected chi connectivity index (χ0v) is 18.1. The Bertz CT molecular complexity index is 972. The summed E-state index contributed by atoms with van der Waals surface area (Å²) in [4.78, 5) is 26.0. The van der Waals surface area contributed by atoms with E-state index in [1.807, 2.05) is 4.90 Å². The van der Waals surface area contributed by atoms with E-state index in [2.05, 4.69) is 21.9 Å². The van der Waals surface area contributed by atoms with Crippen molar-refractivity contribution >= 4 is 11.9 Å². The molecule has 32 heavy (non-hydrogen) atoms. The summed E-state index contributed by atoms with van der Waals surface area (Å²) in [5.41, 5.74) is 6.52. The number of anilines is 1. The molecule has 0 bridgehead atoms.